The highest BCUT2D eigenvalue weighted by molar-refractivity contribution is 6.30. The van der Waals surface area contributed by atoms with Crippen LogP contribution < -0.4 is 0 Å². The summed E-state index contributed by atoms with van der Waals surface area (Å²) in [6.07, 6.45) is 0.631. The molecule has 6 nitrogen and oxygen atoms in total. The smallest absolute Gasteiger partial charge is 0.246 e. The summed E-state index contributed by atoms with van der Waals surface area (Å²) >= 11 is 5.90. The normalized spacial score (nSPS) is 19.3. The molecule has 8 heteroatoms. The molecular formula is C23H23ClFN3O3. The molecule has 0 saturated carbocycles. The molecule has 1 atom stereocenters. The van der Waals surface area contributed by atoms with Crippen molar-refractivity contribution in [3.8, 4) is 0 Å². The summed E-state index contributed by atoms with van der Waals surface area (Å²) in [5.74, 6) is -0.721. The minimum atomic E-state index is -0.594. The van der Waals surface area contributed by atoms with Gasteiger partial charge in [0.1, 0.15) is 18.4 Å². The standard InChI is InChI=1S/C23H23ClFN3O3/c24-18-6-4-16(5-7-18)13-21(29)26-9-8-20-23(31)27(15-22(30)28(20)11-10-26)14-17-2-1-3-19(25)12-17/h1-7,12,20H,8-11,13-15H2. The van der Waals surface area contributed by atoms with Crippen LogP contribution in [0.4, 0.5) is 4.39 Å². The SMILES string of the molecule is O=C(Cc1ccc(Cl)cc1)N1CCC2C(=O)N(Cc3cccc(F)c3)CC(=O)N2CC1. The first kappa shape index (κ1) is 21.3. The number of carbonyl (C=O) groups excluding carboxylic acids is 3. The Morgan fingerprint density at radius 1 is 1.03 bits per heavy atom. The Morgan fingerprint density at radius 3 is 2.55 bits per heavy atom. The van der Waals surface area contributed by atoms with Crippen molar-refractivity contribution in [2.24, 2.45) is 0 Å². The highest BCUT2D eigenvalue weighted by atomic mass is 35.5. The summed E-state index contributed by atoms with van der Waals surface area (Å²) in [6.45, 7) is 1.28. The lowest BCUT2D eigenvalue weighted by Gasteiger charge is -2.39. The fraction of sp³-hybridized carbons (Fsp3) is 0.348. The van der Waals surface area contributed by atoms with Crippen molar-refractivity contribution in [1.82, 2.24) is 14.7 Å². The number of piperazine rings is 1. The molecule has 2 aromatic rings. The average Bonchev–Trinajstić information content (AvgIpc) is 2.97. The lowest BCUT2D eigenvalue weighted by atomic mass is 10.1. The number of hydrogen-bond donors (Lipinski definition) is 0. The van der Waals surface area contributed by atoms with Crippen LogP contribution in [0.5, 0.6) is 0 Å². The van der Waals surface area contributed by atoms with Gasteiger partial charge in [-0.1, -0.05) is 35.9 Å². The lowest BCUT2D eigenvalue weighted by Crippen LogP contribution is -2.59. The molecule has 2 fully saturated rings. The first-order chi connectivity index (χ1) is 14.9. The zero-order chi connectivity index (χ0) is 22.0. The van der Waals surface area contributed by atoms with Gasteiger partial charge >= 0.3 is 0 Å². The maximum absolute atomic E-state index is 13.5. The number of halogens is 2. The second-order valence-corrected chi connectivity index (χ2v) is 8.34. The molecule has 0 N–H and O–H groups in total. The van der Waals surface area contributed by atoms with E-state index in [0.29, 0.717) is 36.6 Å². The van der Waals surface area contributed by atoms with Crippen LogP contribution in [0.2, 0.25) is 5.02 Å². The van der Waals surface area contributed by atoms with Crippen LogP contribution in [0.3, 0.4) is 0 Å². The highest BCUT2D eigenvalue weighted by Gasteiger charge is 2.41. The summed E-state index contributed by atoms with van der Waals surface area (Å²) < 4.78 is 13.5. The van der Waals surface area contributed by atoms with E-state index in [0.717, 1.165) is 5.56 Å². The monoisotopic (exact) mass is 443 g/mol. The number of hydrogen-bond acceptors (Lipinski definition) is 3. The largest absolute Gasteiger partial charge is 0.341 e. The van der Waals surface area contributed by atoms with Gasteiger partial charge in [-0.05, 0) is 41.8 Å². The Bertz CT molecular complexity index is 998. The van der Waals surface area contributed by atoms with E-state index in [-0.39, 0.29) is 43.0 Å². The maximum atomic E-state index is 13.5. The van der Waals surface area contributed by atoms with Crippen LogP contribution >= 0.6 is 11.6 Å². The van der Waals surface area contributed by atoms with Gasteiger partial charge in [0.25, 0.3) is 0 Å². The van der Waals surface area contributed by atoms with E-state index in [4.69, 9.17) is 11.6 Å². The Morgan fingerprint density at radius 2 is 1.81 bits per heavy atom. The average molecular weight is 444 g/mol. The van der Waals surface area contributed by atoms with E-state index in [9.17, 15) is 18.8 Å². The molecule has 162 valence electrons. The molecule has 0 aliphatic carbocycles. The van der Waals surface area contributed by atoms with Crippen molar-refractivity contribution in [2.45, 2.75) is 25.4 Å². The molecule has 0 aromatic heterocycles. The Labute approximate surface area is 185 Å². The Balaban J connectivity index is 1.42. The van der Waals surface area contributed by atoms with Gasteiger partial charge in [0.2, 0.25) is 17.7 Å². The minimum absolute atomic E-state index is 0.0371. The van der Waals surface area contributed by atoms with Crippen LogP contribution in [0.25, 0.3) is 0 Å². The molecule has 0 spiro atoms. The lowest BCUT2D eigenvalue weighted by molar-refractivity contribution is -0.156. The number of carbonyl (C=O) groups is 3. The van der Waals surface area contributed by atoms with Crippen molar-refractivity contribution in [1.29, 1.82) is 0 Å². The van der Waals surface area contributed by atoms with Gasteiger partial charge in [-0.15, -0.1) is 0 Å². The summed E-state index contributed by atoms with van der Waals surface area (Å²) in [6, 6.07) is 12.6. The summed E-state index contributed by atoms with van der Waals surface area (Å²) in [4.78, 5) is 43.3. The van der Waals surface area contributed by atoms with Crippen LogP contribution in [-0.4, -0.2) is 64.6 Å². The number of rotatable bonds is 4. The van der Waals surface area contributed by atoms with Crippen LogP contribution in [0.15, 0.2) is 48.5 Å². The second kappa shape index (κ2) is 9.06. The molecule has 2 aliphatic rings. The summed E-state index contributed by atoms with van der Waals surface area (Å²) in [5, 5.41) is 0.614. The molecule has 3 amide bonds. The quantitative estimate of drug-likeness (QED) is 0.729. The van der Waals surface area contributed by atoms with Gasteiger partial charge in [-0.25, -0.2) is 4.39 Å². The first-order valence-electron chi connectivity index (χ1n) is 10.3. The van der Waals surface area contributed by atoms with E-state index in [2.05, 4.69) is 0 Å². The van der Waals surface area contributed by atoms with Gasteiger partial charge in [0, 0.05) is 31.2 Å². The molecule has 2 aromatic carbocycles. The van der Waals surface area contributed by atoms with Crippen molar-refractivity contribution < 1.29 is 18.8 Å². The number of fused-ring (bicyclic) bond motifs is 1. The highest BCUT2D eigenvalue weighted by Crippen LogP contribution is 2.22. The molecule has 2 saturated heterocycles. The molecule has 0 radical (unpaired) electrons. The third-order valence-corrected chi connectivity index (χ3v) is 6.04. The van der Waals surface area contributed by atoms with E-state index < -0.39 is 6.04 Å². The molecule has 2 aliphatic heterocycles. The zero-order valence-corrected chi connectivity index (χ0v) is 17.7. The molecular weight excluding hydrogens is 421 g/mol. The second-order valence-electron chi connectivity index (χ2n) is 7.90. The number of amides is 3. The molecule has 31 heavy (non-hydrogen) atoms. The summed E-state index contributed by atoms with van der Waals surface area (Å²) in [7, 11) is 0. The van der Waals surface area contributed by atoms with E-state index >= 15 is 0 Å². The van der Waals surface area contributed by atoms with Crippen molar-refractivity contribution in [3.05, 3.63) is 70.5 Å². The molecule has 2 heterocycles. The Kier molecular flexibility index (Phi) is 6.23. The van der Waals surface area contributed by atoms with E-state index in [1.54, 1.807) is 34.1 Å². The van der Waals surface area contributed by atoms with E-state index in [1.165, 1.54) is 17.0 Å². The first-order valence-corrected chi connectivity index (χ1v) is 10.6. The third-order valence-electron chi connectivity index (χ3n) is 5.79. The molecule has 0 bridgehead atoms. The van der Waals surface area contributed by atoms with Crippen molar-refractivity contribution >= 4 is 29.3 Å². The van der Waals surface area contributed by atoms with Crippen LogP contribution in [0, 0.1) is 5.82 Å². The number of benzene rings is 2. The minimum Gasteiger partial charge on any atom is -0.341 e. The van der Waals surface area contributed by atoms with Gasteiger partial charge < -0.3 is 14.7 Å². The van der Waals surface area contributed by atoms with Gasteiger partial charge in [-0.2, -0.15) is 0 Å². The maximum Gasteiger partial charge on any atom is 0.246 e. The summed E-state index contributed by atoms with van der Waals surface area (Å²) in [5.41, 5.74) is 1.51. The molecule has 1 unspecified atom stereocenters. The fourth-order valence-electron chi connectivity index (χ4n) is 4.16. The van der Waals surface area contributed by atoms with Crippen molar-refractivity contribution in [2.75, 3.05) is 26.2 Å². The zero-order valence-electron chi connectivity index (χ0n) is 17.0. The van der Waals surface area contributed by atoms with Crippen LogP contribution in [0.1, 0.15) is 17.5 Å². The predicted molar refractivity (Wildman–Crippen MR) is 114 cm³/mol. The number of nitrogens with zero attached hydrogens (tertiary/aromatic N) is 3. The van der Waals surface area contributed by atoms with Gasteiger partial charge in [0.15, 0.2) is 0 Å². The predicted octanol–water partition coefficient (Wildman–Crippen LogP) is 2.49. The van der Waals surface area contributed by atoms with Crippen molar-refractivity contribution in [3.63, 3.8) is 0 Å². The topological polar surface area (TPSA) is 60.9 Å². The van der Waals surface area contributed by atoms with E-state index in [1.807, 2.05) is 12.1 Å². The fourth-order valence-corrected chi connectivity index (χ4v) is 4.28. The third kappa shape index (κ3) is 4.88. The Hall–Kier alpha value is -2.93. The van der Waals surface area contributed by atoms with Gasteiger partial charge in [-0.3, -0.25) is 14.4 Å². The van der Waals surface area contributed by atoms with Crippen LogP contribution in [-0.2, 0) is 27.3 Å². The molecule has 4 rings (SSSR count). The van der Waals surface area contributed by atoms with Gasteiger partial charge in [0.05, 0.1) is 6.42 Å².